The smallest absolute Gasteiger partial charge is 0.280 e. The molecule has 1 amide bonds. The molecule has 0 radical (unpaired) electrons. The number of aromatic nitrogens is 4. The summed E-state index contributed by atoms with van der Waals surface area (Å²) in [6.45, 7) is 3.44. The summed E-state index contributed by atoms with van der Waals surface area (Å²) in [7, 11) is 0. The first-order valence-corrected chi connectivity index (χ1v) is 11.2. The second-order valence-corrected chi connectivity index (χ2v) is 8.18. The van der Waals surface area contributed by atoms with Crippen molar-refractivity contribution < 1.29 is 9.90 Å². The maximum atomic E-state index is 12.8. The number of carbonyl (C=O) groups is 1. The first-order valence-electron chi connectivity index (χ1n) is 11.2. The molecule has 1 fully saturated rings. The summed E-state index contributed by atoms with van der Waals surface area (Å²) in [4.78, 5) is 30.9. The molecule has 2 aromatic carbocycles. The molecule has 174 valence electrons. The van der Waals surface area contributed by atoms with E-state index in [1.807, 2.05) is 48.5 Å². The largest absolute Gasteiger partial charge is 0.382 e. The topological polar surface area (TPSA) is 145 Å². The molecule has 0 bridgehead atoms. The van der Waals surface area contributed by atoms with Gasteiger partial charge in [0.15, 0.2) is 11.5 Å². The third-order valence-corrected chi connectivity index (χ3v) is 5.86. The normalized spacial score (nSPS) is 15.7. The van der Waals surface area contributed by atoms with Crippen LogP contribution in [-0.2, 0) is 0 Å². The van der Waals surface area contributed by atoms with Crippen molar-refractivity contribution in [2.24, 2.45) is 0 Å². The minimum absolute atomic E-state index is 0.0131. The molecular weight excluding hydrogens is 432 g/mol. The van der Waals surface area contributed by atoms with E-state index in [2.05, 4.69) is 35.5 Å². The average molecular weight is 459 g/mol. The Bertz CT molecular complexity index is 1260. The number of fused-ring (bicyclic) bond motifs is 1. The fourth-order valence-electron chi connectivity index (χ4n) is 4.03. The highest BCUT2D eigenvalue weighted by atomic mass is 16.3. The molecule has 1 unspecified atom stereocenters. The third-order valence-electron chi connectivity index (χ3n) is 5.86. The first-order chi connectivity index (χ1) is 16.6. The number of H-pyrrole nitrogens is 1. The van der Waals surface area contributed by atoms with E-state index in [0.717, 1.165) is 54.8 Å². The Balaban J connectivity index is 1.34. The van der Waals surface area contributed by atoms with Crippen molar-refractivity contribution in [3.8, 4) is 11.3 Å². The van der Waals surface area contributed by atoms with Gasteiger partial charge >= 0.3 is 0 Å². The molecule has 1 saturated heterocycles. The van der Waals surface area contributed by atoms with Gasteiger partial charge in [0.05, 0.1) is 22.9 Å². The molecule has 1 aliphatic heterocycles. The number of imidazole rings is 1. The number of nitrogens with zero attached hydrogens (tertiary/aromatic N) is 4. The number of rotatable bonds is 5. The van der Waals surface area contributed by atoms with Gasteiger partial charge in [0.25, 0.3) is 5.91 Å². The van der Waals surface area contributed by atoms with Gasteiger partial charge in [-0.3, -0.25) is 15.0 Å². The zero-order chi connectivity index (χ0) is 23.5. The molecule has 0 saturated carbocycles. The predicted octanol–water partition coefficient (Wildman–Crippen LogP) is 2.14. The highest BCUT2D eigenvalue weighted by Crippen LogP contribution is 2.24. The number of aliphatic hydroxyl groups excluding tert-OH is 1. The van der Waals surface area contributed by atoms with Crippen LogP contribution < -0.4 is 16.4 Å². The molecule has 6 N–H and O–H groups in total. The summed E-state index contributed by atoms with van der Waals surface area (Å²) in [5, 5.41) is 16.8. The van der Waals surface area contributed by atoms with Crippen LogP contribution in [0.4, 0.5) is 11.8 Å². The lowest BCUT2D eigenvalue weighted by molar-refractivity contribution is 0.00622. The number of hydrogen-bond donors (Lipinski definition) is 5. The van der Waals surface area contributed by atoms with E-state index in [-0.39, 0.29) is 11.5 Å². The van der Waals surface area contributed by atoms with E-state index in [1.165, 1.54) is 6.20 Å². The molecule has 0 spiro atoms. The number of aromatic amines is 1. The van der Waals surface area contributed by atoms with Crippen molar-refractivity contribution in [3.05, 3.63) is 66.0 Å². The standard InChI is InChI=1S/C24H26N8O2/c25-21-20(22(33)31-24-29-17-4-1-2-5-18(17)30-24)28-19(14-27-21)15-6-8-16(9-7-15)23(34)32-12-3-10-26-11-13-32/h1-2,4-9,14,23,26,34H,3,10-13H2,(H2,25,27)(H2,29,30,31,33). The lowest BCUT2D eigenvalue weighted by atomic mass is 10.1. The van der Waals surface area contributed by atoms with Gasteiger partial charge in [-0.15, -0.1) is 0 Å². The van der Waals surface area contributed by atoms with Crippen LogP contribution in [0.3, 0.4) is 0 Å². The lowest BCUT2D eigenvalue weighted by Crippen LogP contribution is -2.32. The third kappa shape index (κ3) is 4.60. The first kappa shape index (κ1) is 22.0. The summed E-state index contributed by atoms with van der Waals surface area (Å²) in [5.41, 5.74) is 9.58. The van der Waals surface area contributed by atoms with Crippen LogP contribution in [0.15, 0.2) is 54.7 Å². The number of nitrogens with one attached hydrogen (secondary N) is 3. The van der Waals surface area contributed by atoms with Gasteiger partial charge in [-0.25, -0.2) is 15.0 Å². The number of amides is 1. The molecule has 0 aliphatic carbocycles. The Morgan fingerprint density at radius 2 is 1.91 bits per heavy atom. The van der Waals surface area contributed by atoms with Crippen LogP contribution in [0, 0.1) is 0 Å². The van der Waals surface area contributed by atoms with Crippen molar-refractivity contribution in [3.63, 3.8) is 0 Å². The molecule has 10 heteroatoms. The maximum absolute atomic E-state index is 12.8. The number of nitrogen functional groups attached to an aromatic ring is 1. The van der Waals surface area contributed by atoms with Crippen LogP contribution in [-0.4, -0.2) is 62.0 Å². The predicted molar refractivity (Wildman–Crippen MR) is 130 cm³/mol. The molecule has 3 heterocycles. The number of aliphatic hydroxyl groups is 1. The van der Waals surface area contributed by atoms with Crippen molar-refractivity contribution in [1.82, 2.24) is 30.2 Å². The molecule has 34 heavy (non-hydrogen) atoms. The fourth-order valence-corrected chi connectivity index (χ4v) is 4.03. The Labute approximate surface area is 196 Å². The van der Waals surface area contributed by atoms with Crippen LogP contribution in [0.2, 0.25) is 0 Å². The highest BCUT2D eigenvalue weighted by Gasteiger charge is 2.20. The second kappa shape index (κ2) is 9.56. The number of hydrogen-bond acceptors (Lipinski definition) is 8. The zero-order valence-electron chi connectivity index (χ0n) is 18.5. The Morgan fingerprint density at radius 1 is 1.09 bits per heavy atom. The van der Waals surface area contributed by atoms with Crippen LogP contribution in [0.25, 0.3) is 22.3 Å². The molecule has 1 aliphatic rings. The SMILES string of the molecule is Nc1ncc(-c2ccc(C(O)N3CCCNCC3)cc2)nc1C(=O)Nc1nc2ccccc2[nH]1. The summed E-state index contributed by atoms with van der Waals surface area (Å²) >= 11 is 0. The zero-order valence-corrected chi connectivity index (χ0v) is 18.5. The Hall–Kier alpha value is -3.86. The monoisotopic (exact) mass is 458 g/mol. The Kier molecular flexibility index (Phi) is 6.17. The summed E-state index contributed by atoms with van der Waals surface area (Å²) in [5.74, 6) is -0.174. The Morgan fingerprint density at radius 3 is 2.74 bits per heavy atom. The molecule has 5 rings (SSSR count). The van der Waals surface area contributed by atoms with E-state index in [4.69, 9.17) is 5.73 Å². The van der Waals surface area contributed by atoms with E-state index in [0.29, 0.717) is 11.6 Å². The average Bonchev–Trinajstić information content (AvgIpc) is 3.07. The highest BCUT2D eigenvalue weighted by molar-refractivity contribution is 6.05. The van der Waals surface area contributed by atoms with Gasteiger partial charge in [0.2, 0.25) is 5.95 Å². The van der Waals surface area contributed by atoms with Crippen molar-refractivity contribution in [2.45, 2.75) is 12.6 Å². The van der Waals surface area contributed by atoms with Gasteiger partial charge in [-0.2, -0.15) is 0 Å². The second-order valence-electron chi connectivity index (χ2n) is 8.18. The molecule has 2 aromatic heterocycles. The number of anilines is 2. The van der Waals surface area contributed by atoms with Crippen LogP contribution >= 0.6 is 0 Å². The molecular formula is C24H26N8O2. The number of nitrogens with two attached hydrogens (primary N) is 1. The minimum Gasteiger partial charge on any atom is -0.382 e. The minimum atomic E-state index is -0.670. The van der Waals surface area contributed by atoms with Crippen LogP contribution in [0.1, 0.15) is 28.7 Å². The lowest BCUT2D eigenvalue weighted by Gasteiger charge is -2.26. The van der Waals surface area contributed by atoms with E-state index in [9.17, 15) is 9.90 Å². The maximum Gasteiger partial charge on any atom is 0.280 e. The van der Waals surface area contributed by atoms with Crippen molar-refractivity contribution in [2.75, 3.05) is 37.2 Å². The fraction of sp³-hybridized carbons (Fsp3) is 0.250. The van der Waals surface area contributed by atoms with Crippen molar-refractivity contribution >= 4 is 28.7 Å². The van der Waals surface area contributed by atoms with Gasteiger partial charge < -0.3 is 21.1 Å². The van der Waals surface area contributed by atoms with E-state index in [1.54, 1.807) is 0 Å². The summed E-state index contributed by atoms with van der Waals surface area (Å²) in [6.07, 6.45) is 1.85. The van der Waals surface area contributed by atoms with E-state index >= 15 is 0 Å². The van der Waals surface area contributed by atoms with Gasteiger partial charge in [0, 0.05) is 25.2 Å². The van der Waals surface area contributed by atoms with Gasteiger partial charge in [0.1, 0.15) is 6.23 Å². The van der Waals surface area contributed by atoms with Crippen molar-refractivity contribution in [1.29, 1.82) is 0 Å². The molecule has 10 nitrogen and oxygen atoms in total. The number of benzene rings is 2. The number of carbonyl (C=O) groups excluding carboxylic acids is 1. The summed E-state index contributed by atoms with van der Waals surface area (Å²) < 4.78 is 0. The van der Waals surface area contributed by atoms with Gasteiger partial charge in [-0.1, -0.05) is 36.4 Å². The quantitative estimate of drug-likeness (QED) is 0.306. The summed E-state index contributed by atoms with van der Waals surface area (Å²) in [6, 6.07) is 14.9. The van der Waals surface area contributed by atoms with Gasteiger partial charge in [-0.05, 0) is 30.7 Å². The van der Waals surface area contributed by atoms with E-state index < -0.39 is 12.1 Å². The number of para-hydroxylation sites is 2. The molecule has 4 aromatic rings. The van der Waals surface area contributed by atoms with Crippen LogP contribution in [0.5, 0.6) is 0 Å². The molecule has 1 atom stereocenters.